The normalized spacial score (nSPS) is 11.5. The molecule has 9 heteroatoms. The van der Waals surface area contributed by atoms with Crippen molar-refractivity contribution in [3.8, 4) is 11.8 Å². The van der Waals surface area contributed by atoms with Gasteiger partial charge in [-0.1, -0.05) is 71.7 Å². The summed E-state index contributed by atoms with van der Waals surface area (Å²) in [6, 6.07) is 21.3. The van der Waals surface area contributed by atoms with Crippen LogP contribution in [-0.2, 0) is 21.5 Å². The summed E-state index contributed by atoms with van der Waals surface area (Å²) in [7, 11) is -4.15. The van der Waals surface area contributed by atoms with Crippen LogP contribution in [0.15, 0.2) is 83.3 Å². The highest BCUT2D eigenvalue weighted by Crippen LogP contribution is 2.36. The molecular weight excluding hydrogens is 471 g/mol. The Morgan fingerprint density at radius 2 is 1.56 bits per heavy atom. The van der Waals surface area contributed by atoms with Crippen molar-refractivity contribution in [1.29, 1.82) is 5.26 Å². The van der Waals surface area contributed by atoms with E-state index in [1.165, 1.54) is 30.3 Å². The molecule has 3 aromatic rings. The number of hydrogen-bond acceptors (Lipinski definition) is 5. The molecule has 3 aromatic carbocycles. The van der Waals surface area contributed by atoms with Gasteiger partial charge in [0.2, 0.25) is 0 Å². The summed E-state index contributed by atoms with van der Waals surface area (Å²) in [6.07, 6.45) is 1.30. The van der Waals surface area contributed by atoms with Crippen LogP contribution in [0.3, 0.4) is 0 Å². The van der Waals surface area contributed by atoms with Gasteiger partial charge in [-0.15, -0.1) is 0 Å². The monoisotopic (exact) mass is 486 g/mol. The maximum atomic E-state index is 12.4. The number of rotatable bonds is 7. The molecule has 0 saturated carbocycles. The first kappa shape index (κ1) is 23.4. The highest BCUT2D eigenvalue weighted by atomic mass is 35.5. The van der Waals surface area contributed by atoms with E-state index in [1.807, 2.05) is 36.4 Å². The Labute approximate surface area is 195 Å². The van der Waals surface area contributed by atoms with Gasteiger partial charge in [0.05, 0.1) is 10.0 Å². The number of halogens is 2. The fraction of sp³-hybridized carbons (Fsp3) is 0.0435. The lowest BCUT2D eigenvalue weighted by Gasteiger charge is -2.11. The summed E-state index contributed by atoms with van der Waals surface area (Å²) in [5.41, 5.74) is 1.04. The molecule has 0 aliphatic carbocycles. The van der Waals surface area contributed by atoms with Crippen molar-refractivity contribution in [2.75, 3.05) is 0 Å². The molecule has 0 bridgehead atoms. The average Bonchev–Trinajstić information content (AvgIpc) is 2.79. The lowest BCUT2D eigenvalue weighted by atomic mass is 10.1. The number of benzene rings is 3. The first-order chi connectivity index (χ1) is 15.3. The number of carbonyl (C=O) groups is 1. The molecule has 0 atom stereocenters. The number of nitriles is 1. The van der Waals surface area contributed by atoms with Crippen LogP contribution in [-0.4, -0.2) is 14.3 Å². The Bertz CT molecular complexity index is 1280. The maximum Gasteiger partial charge on any atom is 0.339 e. The van der Waals surface area contributed by atoms with Crippen LogP contribution in [0.5, 0.6) is 5.75 Å². The molecule has 3 rings (SSSR count). The van der Waals surface area contributed by atoms with Crippen LogP contribution in [0.1, 0.15) is 11.1 Å². The van der Waals surface area contributed by atoms with E-state index in [-0.39, 0.29) is 32.8 Å². The quantitative estimate of drug-likeness (QED) is 0.288. The van der Waals surface area contributed by atoms with E-state index in [9.17, 15) is 18.5 Å². The van der Waals surface area contributed by atoms with Crippen LogP contribution >= 0.6 is 23.2 Å². The summed E-state index contributed by atoms with van der Waals surface area (Å²) in [5.74, 6) is -0.822. The summed E-state index contributed by atoms with van der Waals surface area (Å²) in [5, 5.41) is 11.9. The van der Waals surface area contributed by atoms with Gasteiger partial charge >= 0.3 is 10.1 Å². The smallest absolute Gasteiger partial charge is 0.339 e. The average molecular weight is 487 g/mol. The largest absolute Gasteiger partial charge is 0.376 e. The van der Waals surface area contributed by atoms with Crippen LogP contribution in [0.25, 0.3) is 6.08 Å². The van der Waals surface area contributed by atoms with Gasteiger partial charge in [-0.2, -0.15) is 13.7 Å². The van der Waals surface area contributed by atoms with Crippen molar-refractivity contribution in [3.05, 3.63) is 99.5 Å². The molecule has 1 amide bonds. The molecule has 0 spiro atoms. The molecule has 0 fully saturated rings. The minimum Gasteiger partial charge on any atom is -0.376 e. The zero-order chi connectivity index (χ0) is 23.1. The third-order valence-corrected chi connectivity index (χ3v) is 6.01. The number of nitrogens with zero attached hydrogens (tertiary/aromatic N) is 1. The van der Waals surface area contributed by atoms with Gasteiger partial charge in [0.15, 0.2) is 5.75 Å². The highest BCUT2D eigenvalue weighted by molar-refractivity contribution is 7.87. The zero-order valence-electron chi connectivity index (χ0n) is 16.5. The van der Waals surface area contributed by atoms with Crippen LogP contribution in [0.4, 0.5) is 0 Å². The topological polar surface area (TPSA) is 96.3 Å². The predicted octanol–water partition coefficient (Wildman–Crippen LogP) is 4.98. The van der Waals surface area contributed by atoms with Gasteiger partial charge in [0.25, 0.3) is 5.91 Å². The molecule has 162 valence electrons. The van der Waals surface area contributed by atoms with Crippen molar-refractivity contribution in [2.45, 2.75) is 11.4 Å². The minimum atomic E-state index is -4.15. The third kappa shape index (κ3) is 5.89. The molecule has 0 aromatic heterocycles. The van der Waals surface area contributed by atoms with Crippen LogP contribution in [0.2, 0.25) is 10.0 Å². The second kappa shape index (κ2) is 10.3. The van der Waals surface area contributed by atoms with Gasteiger partial charge in [-0.25, -0.2) is 0 Å². The Morgan fingerprint density at radius 3 is 2.12 bits per heavy atom. The van der Waals surface area contributed by atoms with Crippen molar-refractivity contribution >= 4 is 45.3 Å². The SMILES string of the molecule is N#C/C(=C\c1cc(Cl)c(OS(=O)(=O)c2ccccc2)c(Cl)c1)C(=O)NCc1ccccc1. The number of hydrogen-bond donors (Lipinski definition) is 1. The lowest BCUT2D eigenvalue weighted by molar-refractivity contribution is -0.117. The van der Waals surface area contributed by atoms with Crippen LogP contribution in [0, 0.1) is 11.3 Å². The molecule has 0 aliphatic rings. The standard InChI is InChI=1S/C23H16Cl2N2O4S/c24-20-12-17(11-18(14-26)23(28)27-15-16-7-3-1-4-8-16)13-21(25)22(20)31-32(29,30)19-9-5-2-6-10-19/h1-13H,15H2,(H,27,28)/b18-11+. The van der Waals surface area contributed by atoms with Crippen molar-refractivity contribution in [2.24, 2.45) is 0 Å². The van der Waals surface area contributed by atoms with Gasteiger partial charge in [-0.05, 0) is 41.5 Å². The molecule has 0 saturated heterocycles. The van der Waals surface area contributed by atoms with Gasteiger partial charge in [-0.3, -0.25) is 4.79 Å². The predicted molar refractivity (Wildman–Crippen MR) is 123 cm³/mol. The van der Waals surface area contributed by atoms with E-state index < -0.39 is 16.0 Å². The van der Waals surface area contributed by atoms with Gasteiger partial charge in [0.1, 0.15) is 16.5 Å². The van der Waals surface area contributed by atoms with E-state index >= 15 is 0 Å². The van der Waals surface area contributed by atoms with E-state index in [2.05, 4.69) is 5.32 Å². The fourth-order valence-corrected chi connectivity index (χ4v) is 4.33. The molecule has 6 nitrogen and oxygen atoms in total. The van der Waals surface area contributed by atoms with E-state index in [1.54, 1.807) is 18.2 Å². The van der Waals surface area contributed by atoms with Crippen molar-refractivity contribution in [1.82, 2.24) is 5.32 Å². The number of carbonyl (C=O) groups excluding carboxylic acids is 1. The molecule has 0 radical (unpaired) electrons. The van der Waals surface area contributed by atoms with E-state index in [4.69, 9.17) is 27.4 Å². The molecule has 0 unspecified atom stereocenters. The third-order valence-electron chi connectivity index (χ3n) is 4.22. The highest BCUT2D eigenvalue weighted by Gasteiger charge is 2.21. The Morgan fingerprint density at radius 1 is 1.00 bits per heavy atom. The van der Waals surface area contributed by atoms with E-state index in [0.29, 0.717) is 5.56 Å². The van der Waals surface area contributed by atoms with Gasteiger partial charge < -0.3 is 9.50 Å². The second-order valence-electron chi connectivity index (χ2n) is 6.50. The zero-order valence-corrected chi connectivity index (χ0v) is 18.8. The first-order valence-corrected chi connectivity index (χ1v) is 11.4. The molecule has 1 N–H and O–H groups in total. The summed E-state index contributed by atoms with van der Waals surface area (Å²) in [4.78, 5) is 12.3. The lowest BCUT2D eigenvalue weighted by Crippen LogP contribution is -2.23. The first-order valence-electron chi connectivity index (χ1n) is 9.22. The molecular formula is C23H16Cl2N2O4S. The molecule has 0 aliphatic heterocycles. The number of amides is 1. The van der Waals surface area contributed by atoms with Gasteiger partial charge in [0, 0.05) is 6.54 Å². The van der Waals surface area contributed by atoms with Crippen LogP contribution < -0.4 is 9.50 Å². The minimum absolute atomic E-state index is 0.0574. The summed E-state index contributed by atoms with van der Waals surface area (Å²) >= 11 is 12.4. The molecule has 0 heterocycles. The van der Waals surface area contributed by atoms with Crippen molar-refractivity contribution < 1.29 is 17.4 Å². The summed E-state index contributed by atoms with van der Waals surface area (Å²) in [6.45, 7) is 0.254. The maximum absolute atomic E-state index is 12.4. The Kier molecular flexibility index (Phi) is 7.54. The number of nitrogens with one attached hydrogen (secondary N) is 1. The summed E-state index contributed by atoms with van der Waals surface area (Å²) < 4.78 is 30.0. The fourth-order valence-electron chi connectivity index (χ4n) is 2.68. The second-order valence-corrected chi connectivity index (χ2v) is 8.86. The Hall–Kier alpha value is -3.31. The van der Waals surface area contributed by atoms with Crippen molar-refractivity contribution in [3.63, 3.8) is 0 Å². The Balaban J connectivity index is 1.80. The molecule has 32 heavy (non-hydrogen) atoms. The van der Waals surface area contributed by atoms with E-state index in [0.717, 1.165) is 5.56 Å².